The second kappa shape index (κ2) is 22.5. The minimum absolute atomic E-state index is 0.0615. The summed E-state index contributed by atoms with van der Waals surface area (Å²) in [6, 6.07) is 0. The van der Waals surface area contributed by atoms with Gasteiger partial charge in [0.2, 0.25) is 0 Å². The minimum Gasteiger partial charge on any atom is -0.331 e. The summed E-state index contributed by atoms with van der Waals surface area (Å²) in [5.74, 6) is -1.84. The standard InChI is InChI=1S/C16H31F3O3.C10H22/c1-5-6-7-8-9-10-11-14(12-13-15(17,18)19)16(20-2,21-3)22-4;1-3-5-7-9-10-8-6-4-2/h14H,5-13H2,1-4H3;3-10H2,1-2H3. The molecular formula is C26H53F3O3. The molecule has 0 rings (SSSR count). The van der Waals surface area contributed by atoms with E-state index in [0.717, 1.165) is 19.3 Å². The fraction of sp³-hybridized carbons (Fsp3) is 1.00. The lowest BCUT2D eigenvalue weighted by atomic mass is 9.93. The van der Waals surface area contributed by atoms with Gasteiger partial charge in [-0.05, 0) is 12.8 Å². The third-order valence-corrected chi connectivity index (χ3v) is 5.99. The van der Waals surface area contributed by atoms with E-state index >= 15 is 0 Å². The predicted octanol–water partition coefficient (Wildman–Crippen LogP) is 9.44. The molecule has 32 heavy (non-hydrogen) atoms. The molecule has 0 saturated heterocycles. The fourth-order valence-corrected chi connectivity index (χ4v) is 3.96. The van der Waals surface area contributed by atoms with Gasteiger partial charge in [0.05, 0.1) is 0 Å². The third kappa shape index (κ3) is 19.2. The van der Waals surface area contributed by atoms with E-state index in [4.69, 9.17) is 14.2 Å². The van der Waals surface area contributed by atoms with E-state index in [9.17, 15) is 13.2 Å². The smallest absolute Gasteiger partial charge is 0.331 e. The highest BCUT2D eigenvalue weighted by molar-refractivity contribution is 4.73. The monoisotopic (exact) mass is 470 g/mol. The van der Waals surface area contributed by atoms with E-state index in [1.54, 1.807) is 0 Å². The van der Waals surface area contributed by atoms with Crippen LogP contribution in [0.3, 0.4) is 0 Å². The zero-order valence-corrected chi connectivity index (χ0v) is 22.0. The van der Waals surface area contributed by atoms with Crippen LogP contribution in [0.25, 0.3) is 0 Å². The molecule has 0 aromatic carbocycles. The number of hydrogen-bond donors (Lipinski definition) is 0. The Bertz CT molecular complexity index is 356. The quantitative estimate of drug-likeness (QED) is 0.131. The summed E-state index contributed by atoms with van der Waals surface area (Å²) in [6.45, 7) is 6.69. The van der Waals surface area contributed by atoms with Crippen LogP contribution in [-0.2, 0) is 14.2 Å². The van der Waals surface area contributed by atoms with E-state index in [1.807, 2.05) is 0 Å². The summed E-state index contributed by atoms with van der Waals surface area (Å²) in [4.78, 5) is 0. The molecule has 3 nitrogen and oxygen atoms in total. The number of unbranched alkanes of at least 4 members (excludes halogenated alkanes) is 12. The molecule has 0 aromatic heterocycles. The Balaban J connectivity index is 0. The maximum Gasteiger partial charge on any atom is 0.389 e. The Morgan fingerprint density at radius 3 is 1.19 bits per heavy atom. The van der Waals surface area contributed by atoms with Crippen LogP contribution >= 0.6 is 0 Å². The van der Waals surface area contributed by atoms with Crippen molar-refractivity contribution >= 4 is 0 Å². The first-order chi connectivity index (χ1) is 15.3. The predicted molar refractivity (Wildman–Crippen MR) is 129 cm³/mol. The van der Waals surface area contributed by atoms with Crippen LogP contribution in [0.4, 0.5) is 13.2 Å². The number of rotatable bonds is 20. The molecule has 0 N–H and O–H groups in total. The number of hydrogen-bond acceptors (Lipinski definition) is 3. The van der Waals surface area contributed by atoms with Gasteiger partial charge >= 0.3 is 6.18 Å². The van der Waals surface area contributed by atoms with Gasteiger partial charge in [0, 0.05) is 33.7 Å². The molecule has 0 amide bonds. The van der Waals surface area contributed by atoms with Crippen molar-refractivity contribution in [3.05, 3.63) is 0 Å². The van der Waals surface area contributed by atoms with Crippen molar-refractivity contribution in [2.45, 2.75) is 142 Å². The van der Waals surface area contributed by atoms with Gasteiger partial charge in [0.1, 0.15) is 0 Å². The molecule has 0 radical (unpaired) electrons. The fourth-order valence-electron chi connectivity index (χ4n) is 3.96. The van der Waals surface area contributed by atoms with Gasteiger partial charge in [0.25, 0.3) is 5.97 Å². The zero-order chi connectivity index (χ0) is 24.7. The maximum absolute atomic E-state index is 12.5. The number of alkyl halides is 3. The normalized spacial score (nSPS) is 13.0. The van der Waals surface area contributed by atoms with Crippen molar-refractivity contribution in [3.8, 4) is 0 Å². The van der Waals surface area contributed by atoms with Crippen molar-refractivity contribution in [3.63, 3.8) is 0 Å². The average molecular weight is 471 g/mol. The van der Waals surface area contributed by atoms with E-state index in [2.05, 4.69) is 20.8 Å². The summed E-state index contributed by atoms with van der Waals surface area (Å²) in [7, 11) is 4.19. The third-order valence-electron chi connectivity index (χ3n) is 5.99. The molecule has 0 saturated carbocycles. The molecule has 0 fully saturated rings. The Labute approximate surface area is 197 Å². The summed E-state index contributed by atoms with van der Waals surface area (Å²) in [5, 5.41) is 0. The molecule has 196 valence electrons. The van der Waals surface area contributed by atoms with Crippen molar-refractivity contribution in [1.82, 2.24) is 0 Å². The van der Waals surface area contributed by atoms with E-state index < -0.39 is 24.5 Å². The van der Waals surface area contributed by atoms with E-state index in [0.29, 0.717) is 6.42 Å². The molecule has 6 heteroatoms. The number of methoxy groups -OCH3 is 3. The van der Waals surface area contributed by atoms with Gasteiger partial charge in [-0.25, -0.2) is 0 Å². The van der Waals surface area contributed by atoms with Crippen LogP contribution < -0.4 is 0 Å². The van der Waals surface area contributed by atoms with E-state index in [1.165, 1.54) is 92.0 Å². The Hall–Kier alpha value is -0.330. The highest BCUT2D eigenvalue weighted by atomic mass is 19.4. The van der Waals surface area contributed by atoms with Crippen molar-refractivity contribution in [2.75, 3.05) is 21.3 Å². The van der Waals surface area contributed by atoms with Crippen molar-refractivity contribution in [2.24, 2.45) is 5.92 Å². The Morgan fingerprint density at radius 2 is 0.875 bits per heavy atom. The molecule has 0 aliphatic rings. The largest absolute Gasteiger partial charge is 0.389 e. The minimum atomic E-state index is -4.18. The highest BCUT2D eigenvalue weighted by Crippen LogP contribution is 2.35. The molecule has 1 unspecified atom stereocenters. The topological polar surface area (TPSA) is 27.7 Å². The first-order valence-corrected chi connectivity index (χ1v) is 13.0. The summed E-state index contributed by atoms with van der Waals surface area (Å²) in [6.07, 6.45) is 13.5. The number of ether oxygens (including phenoxy) is 3. The summed E-state index contributed by atoms with van der Waals surface area (Å²) < 4.78 is 53.3. The molecule has 0 aliphatic heterocycles. The first-order valence-electron chi connectivity index (χ1n) is 13.0. The lowest BCUT2D eigenvalue weighted by Gasteiger charge is -2.36. The van der Waals surface area contributed by atoms with Crippen molar-refractivity contribution in [1.29, 1.82) is 0 Å². The second-order valence-electron chi connectivity index (χ2n) is 8.74. The first kappa shape index (κ1) is 33.8. The second-order valence-corrected chi connectivity index (χ2v) is 8.74. The van der Waals surface area contributed by atoms with Gasteiger partial charge in [0.15, 0.2) is 0 Å². The van der Waals surface area contributed by atoms with Gasteiger partial charge in [-0.15, -0.1) is 0 Å². The molecule has 0 aliphatic carbocycles. The highest BCUT2D eigenvalue weighted by Gasteiger charge is 2.41. The Morgan fingerprint density at radius 1 is 0.531 bits per heavy atom. The van der Waals surface area contributed by atoms with Gasteiger partial charge in [-0.2, -0.15) is 13.2 Å². The van der Waals surface area contributed by atoms with Crippen LogP contribution in [0.5, 0.6) is 0 Å². The summed E-state index contributed by atoms with van der Waals surface area (Å²) in [5.41, 5.74) is 0. The van der Waals surface area contributed by atoms with Crippen molar-refractivity contribution < 1.29 is 27.4 Å². The molecule has 0 heterocycles. The SMILES string of the molecule is CCCCCCCCC(CCC(F)(F)F)C(OC)(OC)OC.CCCCCCCCCC. The van der Waals surface area contributed by atoms with Gasteiger partial charge in [-0.3, -0.25) is 0 Å². The van der Waals surface area contributed by atoms with E-state index in [-0.39, 0.29) is 6.42 Å². The molecule has 1 atom stereocenters. The zero-order valence-electron chi connectivity index (χ0n) is 22.0. The van der Waals surface area contributed by atoms with Crippen LogP contribution in [0.1, 0.15) is 130 Å². The molecule has 0 aromatic rings. The maximum atomic E-state index is 12.5. The molecule has 0 bridgehead atoms. The van der Waals surface area contributed by atoms with Crippen LogP contribution in [0, 0.1) is 5.92 Å². The van der Waals surface area contributed by atoms with Crippen LogP contribution in [0.15, 0.2) is 0 Å². The van der Waals surface area contributed by atoms with Crippen LogP contribution in [0.2, 0.25) is 0 Å². The molecular weight excluding hydrogens is 417 g/mol. The summed E-state index contributed by atoms with van der Waals surface area (Å²) >= 11 is 0. The van der Waals surface area contributed by atoms with Gasteiger partial charge in [-0.1, -0.05) is 111 Å². The van der Waals surface area contributed by atoms with Crippen LogP contribution in [-0.4, -0.2) is 33.5 Å². The lowest BCUT2D eigenvalue weighted by molar-refractivity contribution is -0.381. The van der Waals surface area contributed by atoms with Gasteiger partial charge < -0.3 is 14.2 Å². The number of halogens is 3. The average Bonchev–Trinajstić information content (AvgIpc) is 2.77. The Kier molecular flexibility index (Phi) is 23.8. The molecule has 0 spiro atoms. The lowest BCUT2D eigenvalue weighted by Crippen LogP contribution is -2.44.